The SMILES string of the molecule is O=C(Nc1c(Cl)c(Cl)cc(Cl)c1Cl)C(Br)(Br)Br. The highest BCUT2D eigenvalue weighted by Crippen LogP contribution is 2.42. The molecule has 0 saturated heterocycles. The first-order valence-electron chi connectivity index (χ1n) is 3.85. The van der Waals surface area contributed by atoms with Gasteiger partial charge in [-0.25, -0.2) is 0 Å². The number of amides is 1. The number of halogens is 7. The molecule has 0 aliphatic carbocycles. The Morgan fingerprint density at radius 3 is 1.82 bits per heavy atom. The van der Waals surface area contributed by atoms with Crippen molar-refractivity contribution < 1.29 is 4.79 Å². The quantitative estimate of drug-likeness (QED) is 0.361. The topological polar surface area (TPSA) is 29.1 Å². The maximum Gasteiger partial charge on any atom is 0.263 e. The van der Waals surface area contributed by atoms with Gasteiger partial charge in [0.2, 0.25) is 2.14 Å². The highest BCUT2D eigenvalue weighted by Gasteiger charge is 2.30. The summed E-state index contributed by atoms with van der Waals surface area (Å²) in [6.07, 6.45) is 0. The summed E-state index contributed by atoms with van der Waals surface area (Å²) in [4.78, 5) is 11.7. The molecule has 0 aliphatic heterocycles. The lowest BCUT2D eigenvalue weighted by molar-refractivity contribution is -0.114. The van der Waals surface area contributed by atoms with Crippen LogP contribution in [-0.4, -0.2) is 8.05 Å². The maximum atomic E-state index is 11.7. The number of hydrogen-bond acceptors (Lipinski definition) is 1. The van der Waals surface area contributed by atoms with Crippen LogP contribution in [0.1, 0.15) is 0 Å². The minimum Gasteiger partial charge on any atom is -0.321 e. The van der Waals surface area contributed by atoms with Crippen molar-refractivity contribution in [3.05, 3.63) is 26.2 Å². The van der Waals surface area contributed by atoms with Gasteiger partial charge in [-0.3, -0.25) is 4.79 Å². The normalized spacial score (nSPS) is 11.5. The zero-order valence-electron chi connectivity index (χ0n) is 7.63. The van der Waals surface area contributed by atoms with Crippen molar-refractivity contribution in [3.63, 3.8) is 0 Å². The van der Waals surface area contributed by atoms with Gasteiger partial charge in [-0.05, 0) is 53.9 Å². The van der Waals surface area contributed by atoms with E-state index in [1.165, 1.54) is 6.07 Å². The first-order valence-corrected chi connectivity index (χ1v) is 7.75. The monoisotopic (exact) mass is 505 g/mol. The molecule has 0 radical (unpaired) electrons. The molecule has 0 atom stereocenters. The van der Waals surface area contributed by atoms with Gasteiger partial charge in [-0.15, -0.1) is 0 Å². The van der Waals surface area contributed by atoms with E-state index in [0.717, 1.165) is 0 Å². The second-order valence-electron chi connectivity index (χ2n) is 2.80. The van der Waals surface area contributed by atoms with Crippen LogP contribution in [0.2, 0.25) is 20.1 Å². The van der Waals surface area contributed by atoms with Gasteiger partial charge in [0.05, 0.1) is 25.8 Å². The van der Waals surface area contributed by atoms with E-state index in [-0.39, 0.29) is 25.8 Å². The minimum atomic E-state index is -1.13. The van der Waals surface area contributed by atoms with E-state index in [1.54, 1.807) is 0 Å². The summed E-state index contributed by atoms with van der Waals surface area (Å²) < 4.78 is -1.13. The van der Waals surface area contributed by atoms with Crippen LogP contribution in [0.25, 0.3) is 0 Å². The van der Waals surface area contributed by atoms with Crippen LogP contribution < -0.4 is 5.32 Å². The standard InChI is InChI=1S/C8H2Br3Cl4NO/c9-8(10,11)7(17)16-6-4(14)2(12)1-3(13)5(6)15/h1H,(H,16,17). The van der Waals surface area contributed by atoms with Gasteiger partial charge >= 0.3 is 0 Å². The zero-order valence-corrected chi connectivity index (χ0v) is 15.4. The van der Waals surface area contributed by atoms with Crippen LogP contribution in [0.4, 0.5) is 5.69 Å². The Morgan fingerprint density at radius 1 is 1.06 bits per heavy atom. The Bertz CT molecular complexity index is 449. The molecular weight excluding hydrogens is 508 g/mol. The van der Waals surface area contributed by atoms with Crippen LogP contribution >= 0.6 is 94.2 Å². The molecule has 1 N–H and O–H groups in total. The summed E-state index contributed by atoms with van der Waals surface area (Å²) in [6.45, 7) is 0. The first kappa shape index (κ1) is 16.3. The molecule has 9 heteroatoms. The Labute approximate surface area is 143 Å². The van der Waals surface area contributed by atoms with E-state index in [0.29, 0.717) is 0 Å². The van der Waals surface area contributed by atoms with Gasteiger partial charge in [0.15, 0.2) is 0 Å². The molecule has 1 rings (SSSR count). The van der Waals surface area contributed by atoms with E-state index >= 15 is 0 Å². The molecule has 0 bridgehead atoms. The summed E-state index contributed by atoms with van der Waals surface area (Å²) in [5.41, 5.74) is 0.151. The van der Waals surface area contributed by atoms with Crippen LogP contribution in [0.5, 0.6) is 0 Å². The van der Waals surface area contributed by atoms with E-state index < -0.39 is 8.05 Å². The molecule has 1 aromatic carbocycles. The molecule has 0 saturated carbocycles. The third kappa shape index (κ3) is 4.13. The molecule has 0 heterocycles. The van der Waals surface area contributed by atoms with Crippen LogP contribution in [-0.2, 0) is 4.79 Å². The van der Waals surface area contributed by atoms with Gasteiger partial charge < -0.3 is 5.32 Å². The van der Waals surface area contributed by atoms with Crippen molar-refractivity contribution in [2.24, 2.45) is 0 Å². The smallest absolute Gasteiger partial charge is 0.263 e. The maximum absolute atomic E-state index is 11.7. The van der Waals surface area contributed by atoms with Gasteiger partial charge in [-0.2, -0.15) is 0 Å². The van der Waals surface area contributed by atoms with E-state index in [2.05, 4.69) is 53.1 Å². The first-order chi connectivity index (χ1) is 7.64. The second-order valence-corrected chi connectivity index (χ2v) is 11.1. The number of carbonyl (C=O) groups excluding carboxylic acids is 1. The second kappa shape index (κ2) is 6.16. The Morgan fingerprint density at radius 2 is 1.47 bits per heavy atom. The van der Waals surface area contributed by atoms with Crippen LogP contribution in [0, 0.1) is 0 Å². The number of alkyl halides is 3. The highest BCUT2D eigenvalue weighted by atomic mass is 80.0. The van der Waals surface area contributed by atoms with Crippen molar-refractivity contribution in [1.82, 2.24) is 0 Å². The number of benzene rings is 1. The molecule has 94 valence electrons. The molecule has 0 unspecified atom stereocenters. The Kier molecular flexibility index (Phi) is 5.92. The van der Waals surface area contributed by atoms with Crippen molar-refractivity contribution >= 4 is 106 Å². The average Bonchev–Trinajstić information content (AvgIpc) is 2.20. The van der Waals surface area contributed by atoms with Gasteiger partial charge in [-0.1, -0.05) is 46.4 Å². The van der Waals surface area contributed by atoms with Crippen LogP contribution in [0.3, 0.4) is 0 Å². The highest BCUT2D eigenvalue weighted by molar-refractivity contribution is 9.40. The molecule has 0 aliphatic rings. The summed E-state index contributed by atoms with van der Waals surface area (Å²) in [6, 6.07) is 1.40. The third-order valence-electron chi connectivity index (χ3n) is 1.61. The number of nitrogens with one attached hydrogen (secondary N) is 1. The fourth-order valence-electron chi connectivity index (χ4n) is 0.867. The Hall–Kier alpha value is 1.29. The number of rotatable bonds is 1. The van der Waals surface area contributed by atoms with Crippen molar-refractivity contribution in [2.75, 3.05) is 5.32 Å². The summed E-state index contributed by atoms with van der Waals surface area (Å²) in [5, 5.41) is 3.11. The minimum absolute atomic E-state index is 0.117. The molecular formula is C8H2Br3Cl4NO. The van der Waals surface area contributed by atoms with Crippen LogP contribution in [0.15, 0.2) is 6.07 Å². The number of carbonyl (C=O) groups is 1. The van der Waals surface area contributed by atoms with E-state index in [9.17, 15) is 4.79 Å². The molecule has 0 aromatic heterocycles. The lowest BCUT2D eigenvalue weighted by atomic mass is 10.3. The average molecular weight is 510 g/mol. The Balaban J connectivity index is 3.20. The summed E-state index contributed by atoms with van der Waals surface area (Å²) in [5.74, 6) is -0.473. The lowest BCUT2D eigenvalue weighted by Gasteiger charge is -2.15. The predicted octanol–water partition coefficient (Wildman–Crippen LogP) is 6.08. The van der Waals surface area contributed by atoms with Gasteiger partial charge in [0.1, 0.15) is 0 Å². The van der Waals surface area contributed by atoms with E-state index in [1.807, 2.05) is 0 Å². The third-order valence-corrected chi connectivity index (χ3v) is 4.26. The van der Waals surface area contributed by atoms with Gasteiger partial charge in [0.25, 0.3) is 5.91 Å². The predicted molar refractivity (Wildman–Crippen MR) is 84.6 cm³/mol. The van der Waals surface area contributed by atoms with Gasteiger partial charge in [0, 0.05) is 0 Å². The molecule has 0 fully saturated rings. The van der Waals surface area contributed by atoms with Crippen molar-refractivity contribution in [2.45, 2.75) is 2.14 Å². The number of hydrogen-bond donors (Lipinski definition) is 1. The molecule has 1 amide bonds. The number of anilines is 1. The molecule has 17 heavy (non-hydrogen) atoms. The fourth-order valence-corrected chi connectivity index (χ4v) is 2.07. The fraction of sp³-hybridized carbons (Fsp3) is 0.125. The summed E-state index contributed by atoms with van der Waals surface area (Å²) >= 11 is 32.7. The molecule has 0 spiro atoms. The largest absolute Gasteiger partial charge is 0.321 e. The summed E-state index contributed by atoms with van der Waals surface area (Å²) in [7, 11) is 0. The van der Waals surface area contributed by atoms with Crippen molar-refractivity contribution in [1.29, 1.82) is 0 Å². The van der Waals surface area contributed by atoms with Crippen molar-refractivity contribution in [3.8, 4) is 0 Å². The molecule has 1 aromatic rings. The van der Waals surface area contributed by atoms with E-state index in [4.69, 9.17) is 46.4 Å². The molecule has 2 nitrogen and oxygen atoms in total. The zero-order chi connectivity index (χ0) is 13.4. The lowest BCUT2D eigenvalue weighted by Crippen LogP contribution is -2.25.